The van der Waals surface area contributed by atoms with Crippen molar-refractivity contribution >= 4 is 0 Å². The molecule has 0 heterocycles. The Balaban J connectivity index is 2.05. The minimum absolute atomic E-state index is 0.224. The van der Waals surface area contributed by atoms with Gasteiger partial charge in [-0.15, -0.1) is 0 Å². The van der Waals surface area contributed by atoms with Crippen molar-refractivity contribution in [2.75, 3.05) is 0 Å². The van der Waals surface area contributed by atoms with Gasteiger partial charge in [0, 0.05) is 11.0 Å². The van der Waals surface area contributed by atoms with Crippen LogP contribution in [0, 0.1) is 0 Å². The summed E-state index contributed by atoms with van der Waals surface area (Å²) in [5.41, 5.74) is 3.59. The molecule has 38 heavy (non-hydrogen) atoms. The van der Waals surface area contributed by atoms with Gasteiger partial charge in [-0.2, -0.15) is 0 Å². The molecule has 1 heteroatoms. The molecule has 0 bridgehead atoms. The van der Waals surface area contributed by atoms with E-state index >= 15 is 0 Å². The van der Waals surface area contributed by atoms with Gasteiger partial charge in [0.15, 0.2) is 0 Å². The fourth-order valence-corrected chi connectivity index (χ4v) is 6.26. The van der Waals surface area contributed by atoms with Gasteiger partial charge in [-0.25, -0.2) is 0 Å². The summed E-state index contributed by atoms with van der Waals surface area (Å²) in [6.07, 6.45) is 25.8. The van der Waals surface area contributed by atoms with E-state index in [9.17, 15) is 5.11 Å². The summed E-state index contributed by atoms with van der Waals surface area (Å²) < 4.78 is 0. The van der Waals surface area contributed by atoms with Crippen LogP contribution in [0.3, 0.4) is 0 Å². The fourth-order valence-electron chi connectivity index (χ4n) is 6.26. The Kier molecular flexibility index (Phi) is 16.5. The summed E-state index contributed by atoms with van der Waals surface area (Å²) in [6, 6.07) is 17.0. The van der Waals surface area contributed by atoms with Gasteiger partial charge >= 0.3 is 0 Å². The van der Waals surface area contributed by atoms with E-state index in [-0.39, 0.29) is 5.41 Å². The van der Waals surface area contributed by atoms with Crippen LogP contribution >= 0.6 is 0 Å². The molecule has 0 aliphatic carbocycles. The first-order valence-electron chi connectivity index (χ1n) is 16.4. The third-order valence-electron chi connectivity index (χ3n) is 8.70. The molecule has 1 nitrogen and oxygen atoms in total. The topological polar surface area (TPSA) is 20.2 Å². The van der Waals surface area contributed by atoms with Crippen molar-refractivity contribution < 1.29 is 5.11 Å². The Bertz CT molecular complexity index is 837. The molecule has 0 amide bonds. The van der Waals surface area contributed by atoms with E-state index in [0.717, 1.165) is 5.56 Å². The van der Waals surface area contributed by atoms with Gasteiger partial charge in [0.25, 0.3) is 0 Å². The fraction of sp³-hybridized carbons (Fsp3) is 0.676. The van der Waals surface area contributed by atoms with Gasteiger partial charge in [0.1, 0.15) is 5.75 Å². The molecular weight excluding hydrogens is 460 g/mol. The van der Waals surface area contributed by atoms with Crippen LogP contribution in [-0.4, -0.2) is 5.11 Å². The van der Waals surface area contributed by atoms with E-state index in [1.807, 2.05) is 6.07 Å². The number of phenols is 1. The molecule has 0 saturated heterocycles. The molecule has 0 aliphatic rings. The highest BCUT2D eigenvalue weighted by Gasteiger charge is 2.31. The monoisotopic (exact) mass is 520 g/mol. The smallest absolute Gasteiger partial charge is 0.119 e. The molecule has 0 fully saturated rings. The zero-order chi connectivity index (χ0) is 27.5. The number of rotatable bonds is 22. The molecular formula is C37H60O. The molecule has 1 atom stereocenters. The molecule has 0 saturated carbocycles. The number of unbranched alkanes of at least 4 members (excludes halogenated alkanes) is 15. The first-order chi connectivity index (χ1) is 18.5. The largest absolute Gasteiger partial charge is 0.508 e. The molecule has 0 aromatic heterocycles. The molecule has 214 valence electrons. The molecule has 2 aromatic rings. The number of aromatic hydroxyl groups is 1. The maximum absolute atomic E-state index is 11.2. The zero-order valence-electron chi connectivity index (χ0n) is 25.6. The van der Waals surface area contributed by atoms with E-state index in [2.05, 4.69) is 70.2 Å². The van der Waals surface area contributed by atoms with Crippen molar-refractivity contribution in [3.05, 3.63) is 65.2 Å². The van der Waals surface area contributed by atoms with Gasteiger partial charge in [0.2, 0.25) is 0 Å². The lowest BCUT2D eigenvalue weighted by Gasteiger charge is -2.32. The summed E-state index contributed by atoms with van der Waals surface area (Å²) in [6.45, 7) is 9.16. The lowest BCUT2D eigenvalue weighted by molar-refractivity contribution is 0.439. The Morgan fingerprint density at radius 2 is 1.00 bits per heavy atom. The number of hydrogen-bond donors (Lipinski definition) is 1. The van der Waals surface area contributed by atoms with Gasteiger partial charge in [0.05, 0.1) is 0 Å². The Morgan fingerprint density at radius 1 is 0.553 bits per heavy atom. The molecule has 0 spiro atoms. The van der Waals surface area contributed by atoms with E-state index < -0.39 is 0 Å². The van der Waals surface area contributed by atoms with Crippen molar-refractivity contribution in [3.63, 3.8) is 0 Å². The van der Waals surface area contributed by atoms with Gasteiger partial charge < -0.3 is 5.11 Å². The summed E-state index contributed by atoms with van der Waals surface area (Å²) in [5, 5.41) is 11.2. The highest BCUT2D eigenvalue weighted by molar-refractivity contribution is 5.51. The summed E-state index contributed by atoms with van der Waals surface area (Å²) in [4.78, 5) is 0. The number of phenolic OH excluding ortho intramolecular Hbond substituents is 1. The second-order valence-corrected chi connectivity index (χ2v) is 12.3. The van der Waals surface area contributed by atoms with E-state index in [4.69, 9.17) is 0 Å². The van der Waals surface area contributed by atoms with E-state index in [1.54, 1.807) is 0 Å². The number of benzene rings is 2. The van der Waals surface area contributed by atoms with Crippen molar-refractivity contribution in [3.8, 4) is 5.75 Å². The van der Waals surface area contributed by atoms with Gasteiger partial charge in [-0.3, -0.25) is 0 Å². The standard InChI is InChI=1S/C37H60O/c1-5-7-9-11-13-15-17-19-22-27-32(26-21-18-16-14-12-10-8-6-2)34-30-25-31-35(38)36(34)37(3,4)33-28-23-20-24-29-33/h20,23-25,28-32,38H,5-19,21-22,26-27H2,1-4H3. The van der Waals surface area contributed by atoms with Crippen LogP contribution in [0.2, 0.25) is 0 Å². The maximum Gasteiger partial charge on any atom is 0.119 e. The normalized spacial score (nSPS) is 12.6. The molecule has 0 radical (unpaired) electrons. The van der Waals surface area contributed by atoms with Crippen LogP contribution in [0.15, 0.2) is 48.5 Å². The molecule has 1 N–H and O–H groups in total. The lowest BCUT2D eigenvalue weighted by atomic mass is 9.72. The summed E-state index contributed by atoms with van der Waals surface area (Å²) >= 11 is 0. The third-order valence-corrected chi connectivity index (χ3v) is 8.70. The predicted octanol–water partition coefficient (Wildman–Crippen LogP) is 12.3. The average molecular weight is 521 g/mol. The minimum Gasteiger partial charge on any atom is -0.508 e. The highest BCUT2D eigenvalue weighted by atomic mass is 16.3. The molecule has 2 rings (SSSR count). The SMILES string of the molecule is CCCCCCCCCCCC(CCCCCCCCCC)c1cccc(O)c1C(C)(C)c1ccccc1. The second kappa shape index (κ2) is 19.3. The number of hydrogen-bond acceptors (Lipinski definition) is 1. The maximum atomic E-state index is 11.2. The molecule has 2 aromatic carbocycles. The van der Waals surface area contributed by atoms with E-state index in [1.165, 1.54) is 133 Å². The summed E-state index contributed by atoms with van der Waals surface area (Å²) in [5.74, 6) is 0.995. The van der Waals surface area contributed by atoms with Crippen LogP contribution < -0.4 is 0 Å². The van der Waals surface area contributed by atoms with Crippen molar-refractivity contribution in [2.45, 2.75) is 161 Å². The van der Waals surface area contributed by atoms with Gasteiger partial charge in [-0.1, -0.05) is 179 Å². The second-order valence-electron chi connectivity index (χ2n) is 12.3. The van der Waals surface area contributed by atoms with Crippen molar-refractivity contribution in [1.82, 2.24) is 0 Å². The highest BCUT2D eigenvalue weighted by Crippen LogP contribution is 2.43. The van der Waals surface area contributed by atoms with E-state index in [0.29, 0.717) is 11.7 Å². The predicted molar refractivity (Wildman–Crippen MR) is 168 cm³/mol. The Morgan fingerprint density at radius 3 is 1.47 bits per heavy atom. The van der Waals surface area contributed by atoms with Gasteiger partial charge in [-0.05, 0) is 36.0 Å². The van der Waals surface area contributed by atoms with Crippen molar-refractivity contribution in [2.24, 2.45) is 0 Å². The minimum atomic E-state index is -0.224. The molecule has 1 unspecified atom stereocenters. The molecule has 0 aliphatic heterocycles. The van der Waals surface area contributed by atoms with Crippen LogP contribution in [0.1, 0.15) is 172 Å². The van der Waals surface area contributed by atoms with Crippen molar-refractivity contribution in [1.29, 1.82) is 0 Å². The Labute approximate surface area is 236 Å². The first-order valence-corrected chi connectivity index (χ1v) is 16.4. The van der Waals surface area contributed by atoms with Crippen LogP contribution in [0.4, 0.5) is 0 Å². The zero-order valence-corrected chi connectivity index (χ0v) is 25.6. The van der Waals surface area contributed by atoms with Crippen LogP contribution in [-0.2, 0) is 5.41 Å². The van der Waals surface area contributed by atoms with Crippen LogP contribution in [0.25, 0.3) is 0 Å². The third kappa shape index (κ3) is 11.5. The lowest BCUT2D eigenvalue weighted by Crippen LogP contribution is -2.22. The first kappa shape index (κ1) is 32.5. The average Bonchev–Trinajstić information content (AvgIpc) is 2.92. The quantitative estimate of drug-likeness (QED) is 0.153. The van der Waals surface area contributed by atoms with Crippen LogP contribution in [0.5, 0.6) is 5.75 Å². The summed E-state index contributed by atoms with van der Waals surface area (Å²) in [7, 11) is 0. The Hall–Kier alpha value is -1.76.